The molecule has 2 aliphatic rings. The number of nitrogens with one attached hydrogen (secondary N) is 1. The average molecular weight is 369 g/mol. The summed E-state index contributed by atoms with van der Waals surface area (Å²) in [5.74, 6) is -0.116. The molecule has 1 fully saturated rings. The van der Waals surface area contributed by atoms with Crippen LogP contribution >= 0.6 is 11.3 Å². The first kappa shape index (κ1) is 17.2. The molecule has 4 rings (SSSR count). The SMILES string of the molecule is O=C1Nc2ccccc2N(C(=O)CCN2CCCCCC2)c2cscc21. The first-order chi connectivity index (χ1) is 12.7. The summed E-state index contributed by atoms with van der Waals surface area (Å²) in [6, 6.07) is 7.51. The highest BCUT2D eigenvalue weighted by Crippen LogP contribution is 2.39. The first-order valence-corrected chi connectivity index (χ1v) is 10.2. The van der Waals surface area contributed by atoms with Gasteiger partial charge in [0.15, 0.2) is 0 Å². The Kier molecular flexibility index (Phi) is 5.04. The molecule has 1 N–H and O–H groups in total. The van der Waals surface area contributed by atoms with E-state index >= 15 is 0 Å². The number of thiophene rings is 1. The van der Waals surface area contributed by atoms with E-state index in [4.69, 9.17) is 0 Å². The number of fused-ring (bicyclic) bond motifs is 2. The van der Waals surface area contributed by atoms with Crippen LogP contribution in [-0.4, -0.2) is 36.3 Å². The van der Waals surface area contributed by atoms with E-state index in [2.05, 4.69) is 10.2 Å². The molecule has 5 nitrogen and oxygen atoms in total. The van der Waals surface area contributed by atoms with Crippen molar-refractivity contribution in [1.29, 1.82) is 0 Å². The van der Waals surface area contributed by atoms with Gasteiger partial charge in [-0.2, -0.15) is 0 Å². The number of hydrogen-bond acceptors (Lipinski definition) is 4. The number of anilines is 3. The second-order valence-corrected chi connectivity index (χ2v) is 7.62. The Labute approximate surface area is 157 Å². The van der Waals surface area contributed by atoms with Gasteiger partial charge in [0.1, 0.15) is 0 Å². The number of para-hydroxylation sites is 2. The molecule has 1 aromatic heterocycles. The Morgan fingerprint density at radius 3 is 2.62 bits per heavy atom. The molecule has 136 valence electrons. The van der Waals surface area contributed by atoms with Crippen LogP contribution in [0.5, 0.6) is 0 Å². The molecule has 0 aliphatic carbocycles. The molecule has 1 saturated heterocycles. The van der Waals surface area contributed by atoms with E-state index in [0.717, 1.165) is 25.3 Å². The second kappa shape index (κ2) is 7.60. The average Bonchev–Trinajstić information content (AvgIpc) is 2.91. The lowest BCUT2D eigenvalue weighted by molar-refractivity contribution is -0.118. The van der Waals surface area contributed by atoms with Gasteiger partial charge in [-0.15, -0.1) is 11.3 Å². The summed E-state index contributed by atoms with van der Waals surface area (Å²) >= 11 is 1.45. The monoisotopic (exact) mass is 369 g/mol. The van der Waals surface area contributed by atoms with Crippen LogP contribution in [0.2, 0.25) is 0 Å². The third-order valence-corrected chi connectivity index (χ3v) is 5.84. The van der Waals surface area contributed by atoms with Crippen LogP contribution in [0.1, 0.15) is 42.5 Å². The molecule has 2 aliphatic heterocycles. The van der Waals surface area contributed by atoms with Crippen molar-refractivity contribution >= 4 is 40.2 Å². The Morgan fingerprint density at radius 1 is 1.04 bits per heavy atom. The molecule has 0 atom stereocenters. The van der Waals surface area contributed by atoms with Gasteiger partial charge in [0.05, 0.1) is 22.6 Å². The van der Waals surface area contributed by atoms with Gasteiger partial charge in [-0.1, -0.05) is 25.0 Å². The predicted octanol–water partition coefficient (Wildman–Crippen LogP) is 4.24. The van der Waals surface area contributed by atoms with E-state index < -0.39 is 0 Å². The summed E-state index contributed by atoms with van der Waals surface area (Å²) in [5.41, 5.74) is 2.69. The van der Waals surface area contributed by atoms with Crippen molar-refractivity contribution in [2.75, 3.05) is 29.9 Å². The number of amides is 2. The van der Waals surface area contributed by atoms with Crippen LogP contribution in [0, 0.1) is 0 Å². The summed E-state index contributed by atoms with van der Waals surface area (Å²) in [6.45, 7) is 2.93. The van der Waals surface area contributed by atoms with Crippen LogP contribution < -0.4 is 10.2 Å². The van der Waals surface area contributed by atoms with E-state index in [1.54, 1.807) is 4.90 Å². The normalized spacial score (nSPS) is 17.7. The summed E-state index contributed by atoms with van der Waals surface area (Å²) in [7, 11) is 0. The number of benzene rings is 1. The van der Waals surface area contributed by atoms with E-state index in [-0.39, 0.29) is 11.8 Å². The number of hydrogen-bond donors (Lipinski definition) is 1. The van der Waals surface area contributed by atoms with Crippen LogP contribution in [0.15, 0.2) is 35.0 Å². The van der Waals surface area contributed by atoms with Crippen molar-refractivity contribution < 1.29 is 9.59 Å². The minimum Gasteiger partial charge on any atom is -0.320 e. The minimum atomic E-state index is -0.156. The molecule has 3 heterocycles. The maximum atomic E-state index is 13.2. The zero-order valence-corrected chi connectivity index (χ0v) is 15.6. The molecular weight excluding hydrogens is 346 g/mol. The van der Waals surface area contributed by atoms with Gasteiger partial charge in [0.25, 0.3) is 5.91 Å². The zero-order valence-electron chi connectivity index (χ0n) is 14.7. The molecule has 26 heavy (non-hydrogen) atoms. The smallest absolute Gasteiger partial charge is 0.258 e. The third-order valence-electron chi connectivity index (χ3n) is 5.11. The zero-order chi connectivity index (χ0) is 17.9. The topological polar surface area (TPSA) is 52.7 Å². The van der Waals surface area contributed by atoms with Gasteiger partial charge in [-0.25, -0.2) is 0 Å². The molecule has 0 spiro atoms. The Hall–Kier alpha value is -2.18. The summed E-state index contributed by atoms with van der Waals surface area (Å²) < 4.78 is 0. The first-order valence-electron chi connectivity index (χ1n) is 9.26. The Morgan fingerprint density at radius 2 is 1.81 bits per heavy atom. The van der Waals surface area contributed by atoms with Gasteiger partial charge < -0.3 is 10.2 Å². The second-order valence-electron chi connectivity index (χ2n) is 6.88. The third kappa shape index (κ3) is 3.39. The number of carbonyl (C=O) groups is 2. The van der Waals surface area contributed by atoms with Crippen molar-refractivity contribution in [3.63, 3.8) is 0 Å². The Balaban J connectivity index is 1.59. The largest absolute Gasteiger partial charge is 0.320 e. The van der Waals surface area contributed by atoms with Crippen molar-refractivity contribution in [2.24, 2.45) is 0 Å². The van der Waals surface area contributed by atoms with Crippen molar-refractivity contribution in [2.45, 2.75) is 32.1 Å². The number of likely N-dealkylation sites (tertiary alicyclic amines) is 1. The molecular formula is C20H23N3O2S. The molecule has 0 bridgehead atoms. The lowest BCUT2D eigenvalue weighted by Gasteiger charge is -2.25. The maximum Gasteiger partial charge on any atom is 0.258 e. The van der Waals surface area contributed by atoms with E-state index in [0.29, 0.717) is 23.4 Å². The summed E-state index contributed by atoms with van der Waals surface area (Å²) in [4.78, 5) is 29.8. The molecule has 1 aromatic carbocycles. The molecule has 6 heteroatoms. The lowest BCUT2D eigenvalue weighted by atomic mass is 10.2. The van der Waals surface area contributed by atoms with Crippen molar-refractivity contribution in [1.82, 2.24) is 4.90 Å². The fourth-order valence-electron chi connectivity index (χ4n) is 3.72. The summed E-state index contributed by atoms with van der Waals surface area (Å²) in [6.07, 6.45) is 5.46. The van der Waals surface area contributed by atoms with Crippen LogP contribution in [0.25, 0.3) is 0 Å². The molecule has 0 unspecified atom stereocenters. The lowest BCUT2D eigenvalue weighted by Crippen LogP contribution is -2.32. The molecule has 0 saturated carbocycles. The standard InChI is InChI=1S/C20H23N3O2S/c24-19(9-12-22-10-5-1-2-6-11-22)23-17-8-4-3-7-16(17)21-20(25)15-13-26-14-18(15)23/h3-4,7-8,13-14H,1-2,5-6,9-12H2,(H,21,25). The van der Waals surface area contributed by atoms with Gasteiger partial charge in [0.2, 0.25) is 5.91 Å². The number of rotatable bonds is 3. The Bertz CT molecular complexity index is 809. The quantitative estimate of drug-likeness (QED) is 0.880. The highest BCUT2D eigenvalue weighted by Gasteiger charge is 2.29. The molecule has 2 aromatic rings. The van der Waals surface area contributed by atoms with Crippen molar-refractivity contribution in [3.8, 4) is 0 Å². The van der Waals surface area contributed by atoms with Gasteiger partial charge in [-0.3, -0.25) is 14.5 Å². The van der Waals surface area contributed by atoms with Crippen molar-refractivity contribution in [3.05, 3.63) is 40.6 Å². The highest BCUT2D eigenvalue weighted by molar-refractivity contribution is 7.08. The van der Waals surface area contributed by atoms with Gasteiger partial charge in [0, 0.05) is 23.7 Å². The van der Waals surface area contributed by atoms with Gasteiger partial charge in [-0.05, 0) is 38.1 Å². The molecule has 0 radical (unpaired) electrons. The minimum absolute atomic E-state index is 0.0397. The number of nitrogens with zero attached hydrogens (tertiary/aromatic N) is 2. The molecule has 2 amide bonds. The maximum absolute atomic E-state index is 13.2. The highest BCUT2D eigenvalue weighted by atomic mass is 32.1. The van der Waals surface area contributed by atoms with Crippen LogP contribution in [-0.2, 0) is 4.79 Å². The van der Waals surface area contributed by atoms with Gasteiger partial charge >= 0.3 is 0 Å². The van der Waals surface area contributed by atoms with E-state index in [1.165, 1.54) is 37.0 Å². The van der Waals surface area contributed by atoms with Crippen LogP contribution in [0.4, 0.5) is 17.1 Å². The van der Waals surface area contributed by atoms with E-state index in [9.17, 15) is 9.59 Å². The van der Waals surface area contributed by atoms with E-state index in [1.807, 2.05) is 35.0 Å². The van der Waals surface area contributed by atoms with Crippen LogP contribution in [0.3, 0.4) is 0 Å². The predicted molar refractivity (Wildman–Crippen MR) is 105 cm³/mol. The number of carbonyl (C=O) groups excluding carboxylic acids is 2. The fraction of sp³-hybridized carbons (Fsp3) is 0.400. The summed E-state index contributed by atoms with van der Waals surface area (Å²) in [5, 5.41) is 6.63. The fourth-order valence-corrected chi connectivity index (χ4v) is 4.51.